The molecule has 0 aromatic heterocycles. The summed E-state index contributed by atoms with van der Waals surface area (Å²) in [6, 6.07) is 0. The maximum atomic E-state index is 10.9. The summed E-state index contributed by atoms with van der Waals surface area (Å²) in [4.78, 5) is 10.9. The highest BCUT2D eigenvalue weighted by molar-refractivity contribution is 7.27. The molecule has 10 heavy (non-hydrogen) atoms. The van der Waals surface area contributed by atoms with Crippen LogP contribution in [0.25, 0.3) is 0 Å². The van der Waals surface area contributed by atoms with E-state index in [1.807, 2.05) is 0 Å². The molecule has 0 aliphatic rings. The van der Waals surface area contributed by atoms with Crippen LogP contribution >= 0.6 is 8.46 Å². The van der Waals surface area contributed by atoms with Crippen LogP contribution in [0.15, 0.2) is 0 Å². The standard InChI is InChI=1S/C6H11O3P/c1-4-6(2,10-8)5(7)9-3/h4H2,1-3H3. The maximum absolute atomic E-state index is 10.9. The Morgan fingerprint density at radius 3 is 2.30 bits per heavy atom. The topological polar surface area (TPSA) is 43.4 Å². The van der Waals surface area contributed by atoms with Gasteiger partial charge in [0.1, 0.15) is 5.16 Å². The first-order valence-corrected chi connectivity index (χ1v) is 3.85. The van der Waals surface area contributed by atoms with Crippen LogP contribution in [0.4, 0.5) is 0 Å². The predicted molar refractivity (Wildman–Crippen MR) is 38.3 cm³/mol. The van der Waals surface area contributed by atoms with Gasteiger partial charge in [-0.15, -0.1) is 0 Å². The van der Waals surface area contributed by atoms with E-state index in [4.69, 9.17) is 0 Å². The average Bonchev–Trinajstić information content (AvgIpc) is 2.01. The molecule has 0 saturated carbocycles. The van der Waals surface area contributed by atoms with Crippen LogP contribution in [0, 0.1) is 0 Å². The molecule has 0 rings (SSSR count). The predicted octanol–water partition coefficient (Wildman–Crippen LogP) is 1.62. The Bertz CT molecular complexity index is 146. The first-order valence-electron chi connectivity index (χ1n) is 3.03. The molecular formula is C6H11O3P. The van der Waals surface area contributed by atoms with Gasteiger partial charge in [0.05, 0.1) is 7.11 Å². The lowest BCUT2D eigenvalue weighted by atomic mass is 10.1. The van der Waals surface area contributed by atoms with E-state index in [9.17, 15) is 9.36 Å². The highest BCUT2D eigenvalue weighted by atomic mass is 31.1. The van der Waals surface area contributed by atoms with Crippen LogP contribution in [0.1, 0.15) is 20.3 Å². The summed E-state index contributed by atoms with van der Waals surface area (Å²) in [7, 11) is 1.12. The molecule has 0 aromatic rings. The molecule has 1 atom stereocenters. The van der Waals surface area contributed by atoms with Crippen molar-refractivity contribution in [3.8, 4) is 0 Å². The number of hydrogen-bond acceptors (Lipinski definition) is 3. The number of methoxy groups -OCH3 is 1. The molecule has 4 heteroatoms. The summed E-state index contributed by atoms with van der Waals surface area (Å²) in [5.41, 5.74) is 0. The molecule has 58 valence electrons. The van der Waals surface area contributed by atoms with Crippen molar-refractivity contribution in [2.45, 2.75) is 25.4 Å². The Balaban J connectivity index is 4.31. The average molecular weight is 162 g/mol. The van der Waals surface area contributed by atoms with Crippen LogP contribution in [-0.2, 0) is 14.1 Å². The smallest absolute Gasteiger partial charge is 0.323 e. The summed E-state index contributed by atoms with van der Waals surface area (Å²) >= 11 is 0. The quantitative estimate of drug-likeness (QED) is 0.467. The van der Waals surface area contributed by atoms with Gasteiger partial charge in [0.25, 0.3) is 0 Å². The Hall–Kier alpha value is -0.430. The van der Waals surface area contributed by atoms with Crippen molar-refractivity contribution in [3.63, 3.8) is 0 Å². The molecule has 0 bridgehead atoms. The van der Waals surface area contributed by atoms with E-state index in [2.05, 4.69) is 4.74 Å². The normalized spacial score (nSPS) is 16.3. The van der Waals surface area contributed by atoms with E-state index < -0.39 is 11.1 Å². The van der Waals surface area contributed by atoms with Crippen molar-refractivity contribution in [1.82, 2.24) is 0 Å². The SMILES string of the molecule is CCC(C)(P=O)C(=O)OC. The third-order valence-corrected chi connectivity index (χ3v) is 2.42. The molecule has 3 nitrogen and oxygen atoms in total. The van der Waals surface area contributed by atoms with Crippen LogP contribution < -0.4 is 0 Å². The largest absolute Gasteiger partial charge is 0.468 e. The second-order valence-corrected chi connectivity index (χ2v) is 3.38. The molecule has 0 fully saturated rings. The number of ether oxygens (including phenoxy) is 1. The van der Waals surface area contributed by atoms with Crippen LogP contribution in [0.5, 0.6) is 0 Å². The summed E-state index contributed by atoms with van der Waals surface area (Å²) in [5.74, 6) is -0.424. The number of esters is 1. The van der Waals surface area contributed by atoms with Crippen LogP contribution in [-0.4, -0.2) is 18.2 Å². The van der Waals surface area contributed by atoms with Gasteiger partial charge in [-0.25, -0.2) is 0 Å². The lowest BCUT2D eigenvalue weighted by Crippen LogP contribution is -2.29. The zero-order chi connectivity index (χ0) is 8.20. The Labute approximate surface area is 62.0 Å². The summed E-state index contributed by atoms with van der Waals surface area (Å²) in [6.45, 7) is 3.40. The molecule has 0 aromatic carbocycles. The highest BCUT2D eigenvalue weighted by Crippen LogP contribution is 2.27. The van der Waals surface area contributed by atoms with E-state index in [1.54, 1.807) is 13.8 Å². The fourth-order valence-electron chi connectivity index (χ4n) is 0.466. The van der Waals surface area contributed by atoms with Crippen molar-refractivity contribution in [2.24, 2.45) is 0 Å². The van der Waals surface area contributed by atoms with Gasteiger partial charge in [-0.1, -0.05) is 6.92 Å². The van der Waals surface area contributed by atoms with Gasteiger partial charge in [0.15, 0.2) is 8.46 Å². The van der Waals surface area contributed by atoms with E-state index >= 15 is 0 Å². The molecule has 0 aliphatic heterocycles. The minimum absolute atomic E-state index is 0.178. The van der Waals surface area contributed by atoms with Gasteiger partial charge in [-0.3, -0.25) is 9.36 Å². The number of carbonyl (C=O) groups excluding carboxylic acids is 1. The van der Waals surface area contributed by atoms with Crippen LogP contribution in [0.2, 0.25) is 0 Å². The monoisotopic (exact) mass is 162 g/mol. The molecule has 0 aliphatic carbocycles. The van der Waals surface area contributed by atoms with Crippen molar-refractivity contribution in [2.75, 3.05) is 7.11 Å². The van der Waals surface area contributed by atoms with Gasteiger partial charge >= 0.3 is 5.97 Å². The lowest BCUT2D eigenvalue weighted by molar-refractivity contribution is -0.143. The second kappa shape index (κ2) is 3.67. The molecule has 0 amide bonds. The zero-order valence-corrected chi connectivity index (χ0v) is 7.27. The van der Waals surface area contributed by atoms with E-state index in [1.165, 1.54) is 7.11 Å². The molecule has 0 N–H and O–H groups in total. The van der Waals surface area contributed by atoms with Crippen LogP contribution in [0.3, 0.4) is 0 Å². The Morgan fingerprint density at radius 2 is 2.20 bits per heavy atom. The van der Waals surface area contributed by atoms with Gasteiger partial charge < -0.3 is 4.74 Å². The zero-order valence-electron chi connectivity index (χ0n) is 6.38. The molecule has 0 heterocycles. The number of hydrogen-bond donors (Lipinski definition) is 0. The maximum Gasteiger partial charge on any atom is 0.323 e. The van der Waals surface area contributed by atoms with Crippen molar-refractivity contribution < 1.29 is 14.1 Å². The number of carbonyl (C=O) groups is 1. The molecule has 1 unspecified atom stereocenters. The first kappa shape index (κ1) is 9.57. The van der Waals surface area contributed by atoms with Gasteiger partial charge in [0.2, 0.25) is 0 Å². The molecule has 0 radical (unpaired) electrons. The van der Waals surface area contributed by atoms with Gasteiger partial charge in [-0.2, -0.15) is 0 Å². The molecule has 0 saturated heterocycles. The van der Waals surface area contributed by atoms with Crippen molar-refractivity contribution in [3.05, 3.63) is 0 Å². The second-order valence-electron chi connectivity index (χ2n) is 2.21. The van der Waals surface area contributed by atoms with Crippen molar-refractivity contribution >= 4 is 14.4 Å². The minimum atomic E-state index is -0.852. The third kappa shape index (κ3) is 1.77. The highest BCUT2D eigenvalue weighted by Gasteiger charge is 2.33. The summed E-state index contributed by atoms with van der Waals surface area (Å²) in [6.07, 6.45) is 0.519. The van der Waals surface area contributed by atoms with Gasteiger partial charge in [0, 0.05) is 0 Å². The van der Waals surface area contributed by atoms with E-state index in [0.717, 1.165) is 0 Å². The van der Waals surface area contributed by atoms with E-state index in [-0.39, 0.29) is 8.46 Å². The van der Waals surface area contributed by atoms with Gasteiger partial charge in [-0.05, 0) is 13.3 Å². The lowest BCUT2D eigenvalue weighted by Gasteiger charge is -2.15. The fraction of sp³-hybridized carbons (Fsp3) is 0.833. The first-order chi connectivity index (χ1) is 4.60. The van der Waals surface area contributed by atoms with E-state index in [0.29, 0.717) is 6.42 Å². The fourth-order valence-corrected chi connectivity index (χ4v) is 0.761. The number of rotatable bonds is 3. The molecular weight excluding hydrogens is 151 g/mol. The Kier molecular flexibility index (Phi) is 3.51. The summed E-state index contributed by atoms with van der Waals surface area (Å²) in [5, 5.41) is -0.852. The molecule has 0 spiro atoms. The summed E-state index contributed by atoms with van der Waals surface area (Å²) < 4.78 is 14.9. The van der Waals surface area contributed by atoms with Crippen molar-refractivity contribution in [1.29, 1.82) is 0 Å². The Morgan fingerprint density at radius 1 is 1.70 bits per heavy atom. The minimum Gasteiger partial charge on any atom is -0.468 e. The third-order valence-electron chi connectivity index (χ3n) is 1.52.